The monoisotopic (exact) mass is 288 g/mol. The molecule has 1 amide bonds. The normalized spacial score (nSPS) is 10.2. The van der Waals surface area contributed by atoms with E-state index in [1.54, 1.807) is 13.1 Å². The van der Waals surface area contributed by atoms with E-state index >= 15 is 0 Å². The number of benzene rings is 1. The quantitative estimate of drug-likeness (QED) is 0.812. The first-order valence-corrected chi connectivity index (χ1v) is 5.78. The van der Waals surface area contributed by atoms with Crippen LogP contribution in [0.3, 0.4) is 0 Å². The number of rotatable bonds is 5. The largest absolute Gasteiger partial charge is 0.359 e. The molecule has 0 saturated heterocycles. The second-order valence-electron chi connectivity index (χ2n) is 3.35. The predicted octanol–water partition coefficient (Wildman–Crippen LogP) is 1.81. The summed E-state index contributed by atoms with van der Waals surface area (Å²) in [5.74, 6) is -0.278. The molecule has 0 heterocycles. The van der Waals surface area contributed by atoms with Crippen LogP contribution in [0.5, 0.6) is 0 Å². The lowest BCUT2D eigenvalue weighted by Gasteiger charge is -2.05. The third-order valence-electron chi connectivity index (χ3n) is 2.12. The lowest BCUT2D eigenvalue weighted by molar-refractivity contribution is -0.120. The van der Waals surface area contributed by atoms with Gasteiger partial charge in [0.05, 0.1) is 4.47 Å². The summed E-state index contributed by atoms with van der Waals surface area (Å²) in [4.78, 5) is 10.9. The van der Waals surface area contributed by atoms with Gasteiger partial charge >= 0.3 is 0 Å². The number of halogens is 2. The van der Waals surface area contributed by atoms with Crippen molar-refractivity contribution in [2.75, 3.05) is 13.6 Å². The SMILES string of the molecule is CNC(=O)CCNCc1ccc(Br)c(F)c1. The Kier molecular flexibility index (Phi) is 5.42. The molecule has 0 unspecified atom stereocenters. The first-order valence-electron chi connectivity index (χ1n) is 4.98. The number of carbonyl (C=O) groups is 1. The van der Waals surface area contributed by atoms with Crippen molar-refractivity contribution >= 4 is 21.8 Å². The third-order valence-corrected chi connectivity index (χ3v) is 2.76. The molecule has 0 saturated carbocycles. The third kappa shape index (κ3) is 4.28. The van der Waals surface area contributed by atoms with E-state index in [0.717, 1.165) is 5.56 Å². The number of hydrogen-bond donors (Lipinski definition) is 2. The van der Waals surface area contributed by atoms with Crippen molar-refractivity contribution in [3.8, 4) is 0 Å². The van der Waals surface area contributed by atoms with E-state index in [0.29, 0.717) is 24.0 Å². The van der Waals surface area contributed by atoms with Gasteiger partial charge < -0.3 is 10.6 Å². The zero-order valence-electron chi connectivity index (χ0n) is 9.02. The van der Waals surface area contributed by atoms with Crippen LogP contribution in [0.25, 0.3) is 0 Å². The molecule has 0 aliphatic carbocycles. The average molecular weight is 289 g/mol. The molecule has 1 aromatic rings. The lowest BCUT2D eigenvalue weighted by Crippen LogP contribution is -2.24. The molecule has 16 heavy (non-hydrogen) atoms. The van der Waals surface area contributed by atoms with Gasteiger partial charge in [-0.1, -0.05) is 6.07 Å². The summed E-state index contributed by atoms with van der Waals surface area (Å²) in [7, 11) is 1.60. The lowest BCUT2D eigenvalue weighted by atomic mass is 10.2. The first kappa shape index (κ1) is 13.1. The predicted molar refractivity (Wildman–Crippen MR) is 64.5 cm³/mol. The highest BCUT2D eigenvalue weighted by atomic mass is 79.9. The van der Waals surface area contributed by atoms with Crippen molar-refractivity contribution in [2.45, 2.75) is 13.0 Å². The van der Waals surface area contributed by atoms with Crippen LogP contribution in [0.15, 0.2) is 22.7 Å². The minimum atomic E-state index is -0.273. The Balaban J connectivity index is 2.32. The van der Waals surface area contributed by atoms with Gasteiger partial charge in [0.1, 0.15) is 5.82 Å². The number of carbonyl (C=O) groups excluding carboxylic acids is 1. The molecule has 0 radical (unpaired) electrons. The fourth-order valence-corrected chi connectivity index (χ4v) is 1.46. The van der Waals surface area contributed by atoms with E-state index in [1.807, 2.05) is 6.07 Å². The maximum atomic E-state index is 13.1. The van der Waals surface area contributed by atoms with Gasteiger partial charge in [0, 0.05) is 26.6 Å². The molecule has 0 aromatic heterocycles. The van der Waals surface area contributed by atoms with Crippen molar-refractivity contribution in [1.29, 1.82) is 0 Å². The van der Waals surface area contributed by atoms with E-state index in [2.05, 4.69) is 26.6 Å². The topological polar surface area (TPSA) is 41.1 Å². The van der Waals surface area contributed by atoms with E-state index < -0.39 is 0 Å². The zero-order chi connectivity index (χ0) is 12.0. The highest BCUT2D eigenvalue weighted by Crippen LogP contribution is 2.16. The van der Waals surface area contributed by atoms with Gasteiger partial charge in [0.15, 0.2) is 0 Å². The van der Waals surface area contributed by atoms with Crippen LogP contribution in [0.2, 0.25) is 0 Å². The van der Waals surface area contributed by atoms with E-state index in [1.165, 1.54) is 6.07 Å². The summed E-state index contributed by atoms with van der Waals surface area (Å²) in [5.41, 5.74) is 0.859. The molecular formula is C11H14BrFN2O. The van der Waals surface area contributed by atoms with Crippen molar-refractivity contribution in [3.05, 3.63) is 34.1 Å². The number of amides is 1. The molecule has 0 aliphatic rings. The van der Waals surface area contributed by atoms with Crippen LogP contribution in [-0.4, -0.2) is 19.5 Å². The van der Waals surface area contributed by atoms with Gasteiger partial charge in [-0.2, -0.15) is 0 Å². The number of nitrogens with one attached hydrogen (secondary N) is 2. The van der Waals surface area contributed by atoms with E-state index in [-0.39, 0.29) is 11.7 Å². The Morgan fingerprint density at radius 3 is 2.88 bits per heavy atom. The Bertz CT molecular complexity index is 371. The summed E-state index contributed by atoms with van der Waals surface area (Å²) in [6, 6.07) is 4.97. The maximum absolute atomic E-state index is 13.1. The smallest absolute Gasteiger partial charge is 0.221 e. The highest BCUT2D eigenvalue weighted by molar-refractivity contribution is 9.10. The second-order valence-corrected chi connectivity index (χ2v) is 4.20. The number of hydrogen-bond acceptors (Lipinski definition) is 2. The van der Waals surface area contributed by atoms with Gasteiger partial charge in [-0.05, 0) is 33.6 Å². The molecule has 0 bridgehead atoms. The van der Waals surface area contributed by atoms with Gasteiger partial charge in [-0.25, -0.2) is 4.39 Å². The van der Waals surface area contributed by atoms with E-state index in [4.69, 9.17) is 0 Å². The molecule has 1 aromatic carbocycles. The summed E-state index contributed by atoms with van der Waals surface area (Å²) in [5, 5.41) is 5.61. The first-order chi connectivity index (χ1) is 7.63. The Labute approximate surface area is 103 Å². The summed E-state index contributed by atoms with van der Waals surface area (Å²) < 4.78 is 13.6. The van der Waals surface area contributed by atoms with Crippen LogP contribution in [0.4, 0.5) is 4.39 Å². The van der Waals surface area contributed by atoms with Crippen molar-refractivity contribution < 1.29 is 9.18 Å². The molecule has 0 spiro atoms. The molecule has 5 heteroatoms. The summed E-state index contributed by atoms with van der Waals surface area (Å²) in [6.07, 6.45) is 0.426. The molecule has 2 N–H and O–H groups in total. The molecule has 3 nitrogen and oxygen atoms in total. The fourth-order valence-electron chi connectivity index (χ4n) is 1.21. The molecule has 0 atom stereocenters. The van der Waals surface area contributed by atoms with Crippen molar-refractivity contribution in [2.24, 2.45) is 0 Å². The highest BCUT2D eigenvalue weighted by Gasteiger charge is 2.01. The molecule has 0 fully saturated rings. The van der Waals surface area contributed by atoms with E-state index in [9.17, 15) is 9.18 Å². The van der Waals surface area contributed by atoms with Gasteiger partial charge in [-0.15, -0.1) is 0 Å². The maximum Gasteiger partial charge on any atom is 0.221 e. The van der Waals surface area contributed by atoms with Crippen LogP contribution in [0, 0.1) is 5.82 Å². The second kappa shape index (κ2) is 6.60. The zero-order valence-corrected chi connectivity index (χ0v) is 10.6. The molecular weight excluding hydrogens is 275 g/mol. The summed E-state index contributed by atoms with van der Waals surface area (Å²) in [6.45, 7) is 1.14. The van der Waals surface area contributed by atoms with Crippen LogP contribution in [0.1, 0.15) is 12.0 Å². The van der Waals surface area contributed by atoms with Crippen molar-refractivity contribution in [1.82, 2.24) is 10.6 Å². The van der Waals surface area contributed by atoms with Crippen LogP contribution < -0.4 is 10.6 Å². The van der Waals surface area contributed by atoms with Gasteiger partial charge in [0.25, 0.3) is 0 Å². The fraction of sp³-hybridized carbons (Fsp3) is 0.364. The van der Waals surface area contributed by atoms with Crippen LogP contribution >= 0.6 is 15.9 Å². The van der Waals surface area contributed by atoms with Gasteiger partial charge in [0.2, 0.25) is 5.91 Å². The Morgan fingerprint density at radius 1 is 1.50 bits per heavy atom. The standard InChI is InChI=1S/C11H14BrFN2O/c1-14-11(16)4-5-15-7-8-2-3-9(12)10(13)6-8/h2-3,6,15H,4-5,7H2,1H3,(H,14,16). The Hall–Kier alpha value is -0.940. The Morgan fingerprint density at radius 2 is 2.25 bits per heavy atom. The minimum absolute atomic E-state index is 0.00510. The van der Waals surface area contributed by atoms with Crippen molar-refractivity contribution in [3.63, 3.8) is 0 Å². The summed E-state index contributed by atoms with van der Waals surface area (Å²) >= 11 is 3.09. The average Bonchev–Trinajstić information content (AvgIpc) is 2.28. The van der Waals surface area contributed by atoms with Crippen LogP contribution in [-0.2, 0) is 11.3 Å². The molecule has 0 aliphatic heterocycles. The molecule has 88 valence electrons. The minimum Gasteiger partial charge on any atom is -0.359 e. The molecule has 1 rings (SSSR count). The van der Waals surface area contributed by atoms with Gasteiger partial charge in [-0.3, -0.25) is 4.79 Å².